The lowest BCUT2D eigenvalue weighted by atomic mass is 10.4. The molecule has 0 bridgehead atoms. The molecular formula is C28H64O12Si4. The minimum Gasteiger partial charge on any atom is -0.379 e. The van der Waals surface area contributed by atoms with Gasteiger partial charge in [-0.3, -0.25) is 0 Å². The molecule has 16 heteroatoms. The molecular weight excluding hydrogens is 641 g/mol. The van der Waals surface area contributed by atoms with Crippen LogP contribution in [0.1, 0.15) is 79.1 Å². The van der Waals surface area contributed by atoms with Crippen molar-refractivity contribution in [3.63, 3.8) is 0 Å². The molecule has 0 saturated carbocycles. The van der Waals surface area contributed by atoms with E-state index in [1.165, 1.54) is 0 Å². The molecule has 0 aromatic rings. The Morgan fingerprint density at radius 3 is 0.705 bits per heavy atom. The molecule has 0 N–H and O–H groups in total. The molecule has 1 heterocycles. The van der Waals surface area contributed by atoms with Crippen molar-refractivity contribution in [1.82, 2.24) is 0 Å². The first-order chi connectivity index (χ1) is 21.1. The van der Waals surface area contributed by atoms with Crippen LogP contribution in [0.3, 0.4) is 0 Å². The summed E-state index contributed by atoms with van der Waals surface area (Å²) in [6.45, 7) is 21.4. The fraction of sp³-hybridized carbons (Fsp3) is 1.00. The molecule has 1 rings (SSSR count). The Balaban J connectivity index is 3.12. The van der Waals surface area contributed by atoms with Gasteiger partial charge in [0.25, 0.3) is 0 Å². The lowest BCUT2D eigenvalue weighted by Crippen LogP contribution is -2.70. The van der Waals surface area contributed by atoms with Gasteiger partial charge < -0.3 is 53.1 Å². The Morgan fingerprint density at radius 1 is 0.318 bits per heavy atom. The summed E-state index contributed by atoms with van der Waals surface area (Å²) in [5.41, 5.74) is 0. The summed E-state index contributed by atoms with van der Waals surface area (Å²) in [5.74, 6) is 0. The first kappa shape index (κ1) is 42.4. The van der Waals surface area contributed by atoms with Gasteiger partial charge in [-0.2, -0.15) is 0 Å². The lowest BCUT2D eigenvalue weighted by molar-refractivity contribution is -0.00511. The van der Waals surface area contributed by atoms with Gasteiger partial charge in [0.1, 0.15) is 0 Å². The molecule has 0 unspecified atom stereocenters. The third kappa shape index (κ3) is 19.9. The van der Waals surface area contributed by atoms with E-state index < -0.39 is 35.2 Å². The third-order valence-corrected chi connectivity index (χ3v) is 21.2. The van der Waals surface area contributed by atoms with Crippen molar-refractivity contribution in [2.24, 2.45) is 0 Å². The average Bonchev–Trinajstić information content (AvgIpc) is 2.95. The third-order valence-electron chi connectivity index (χ3n) is 6.42. The van der Waals surface area contributed by atoms with Gasteiger partial charge >= 0.3 is 35.2 Å². The zero-order valence-electron chi connectivity index (χ0n) is 29.0. The monoisotopic (exact) mass is 704 g/mol. The van der Waals surface area contributed by atoms with Crippen molar-refractivity contribution < 1.29 is 53.1 Å². The van der Waals surface area contributed by atoms with E-state index in [1.54, 1.807) is 0 Å². The first-order valence-corrected chi connectivity index (χ1v) is 25.6. The Morgan fingerprint density at radius 2 is 0.523 bits per heavy atom. The highest BCUT2D eigenvalue weighted by Crippen LogP contribution is 2.33. The summed E-state index contributed by atoms with van der Waals surface area (Å²) in [6.07, 6.45) is 8.24. The van der Waals surface area contributed by atoms with Crippen molar-refractivity contribution in [2.75, 3.05) is 79.3 Å². The number of hydrogen-bond donors (Lipinski definition) is 0. The molecule has 0 radical (unpaired) electrons. The van der Waals surface area contributed by atoms with Crippen LogP contribution >= 0.6 is 0 Å². The van der Waals surface area contributed by atoms with E-state index in [0.717, 1.165) is 51.4 Å². The molecule has 1 aliphatic heterocycles. The van der Waals surface area contributed by atoms with Gasteiger partial charge in [0, 0.05) is 52.6 Å². The van der Waals surface area contributed by atoms with E-state index in [9.17, 15) is 0 Å². The maximum atomic E-state index is 6.68. The van der Waals surface area contributed by atoms with Crippen LogP contribution in [-0.4, -0.2) is 115 Å². The van der Waals surface area contributed by atoms with Crippen LogP contribution < -0.4 is 0 Å². The summed E-state index contributed by atoms with van der Waals surface area (Å²) in [4.78, 5) is 0. The van der Waals surface area contributed by atoms with Crippen molar-refractivity contribution in [2.45, 2.75) is 105 Å². The fourth-order valence-corrected chi connectivity index (χ4v) is 20.8. The van der Waals surface area contributed by atoms with Crippen LogP contribution in [0.15, 0.2) is 0 Å². The van der Waals surface area contributed by atoms with E-state index in [-0.39, 0.29) is 0 Å². The van der Waals surface area contributed by atoms with Crippen molar-refractivity contribution in [1.29, 1.82) is 0 Å². The van der Waals surface area contributed by atoms with Gasteiger partial charge in [-0.05, 0) is 25.7 Å². The average molecular weight is 705 g/mol. The normalized spacial score (nSPS) is 27.8. The van der Waals surface area contributed by atoms with E-state index in [0.29, 0.717) is 79.3 Å². The molecule has 44 heavy (non-hydrogen) atoms. The molecule has 0 atom stereocenters. The number of rotatable bonds is 28. The van der Waals surface area contributed by atoms with Crippen molar-refractivity contribution in [3.05, 3.63) is 0 Å². The minimum atomic E-state index is -3.43. The molecule has 264 valence electrons. The zero-order chi connectivity index (χ0) is 32.6. The fourth-order valence-electron chi connectivity index (χ4n) is 4.20. The molecule has 1 aliphatic rings. The Hall–Kier alpha value is 0.388. The maximum Gasteiger partial charge on any atom is 0.483 e. The maximum absolute atomic E-state index is 6.68. The highest BCUT2D eigenvalue weighted by molar-refractivity contribution is 6.87. The number of hydrogen-bond acceptors (Lipinski definition) is 12. The molecule has 0 amide bonds. The molecule has 0 aromatic carbocycles. The number of unbranched alkanes of at least 4 members (excludes halogenated alkanes) is 4. The molecule has 0 aliphatic carbocycles. The summed E-state index contributed by atoms with van der Waals surface area (Å²) in [7, 11) is -13.7. The van der Waals surface area contributed by atoms with Gasteiger partial charge in [0.05, 0.1) is 52.9 Å². The van der Waals surface area contributed by atoms with Crippen LogP contribution in [0.4, 0.5) is 0 Å². The topological polar surface area (TPSA) is 111 Å². The predicted octanol–water partition coefficient (Wildman–Crippen LogP) is 5.67. The smallest absolute Gasteiger partial charge is 0.379 e. The van der Waals surface area contributed by atoms with Crippen LogP contribution in [0, 0.1) is 0 Å². The minimum absolute atomic E-state index is 0.294. The molecule has 0 spiro atoms. The standard InChI is InChI=1S/C28H64O12Si4/c1-9-13-17-29-21-25-33-41(5)37-42(6,34-26-22-30-18-14-10-2)39-44(8,36-28-24-32-20-16-12-4)40-43(7,38-41)35-27-23-31-19-15-11-3/h9-28H2,1-8H3. The van der Waals surface area contributed by atoms with E-state index in [4.69, 9.17) is 53.1 Å². The van der Waals surface area contributed by atoms with Gasteiger partial charge in [0.15, 0.2) is 0 Å². The quantitative estimate of drug-likeness (QED) is 0.0739. The molecule has 1 fully saturated rings. The Bertz CT molecular complexity index is 577. The van der Waals surface area contributed by atoms with Crippen molar-refractivity contribution >= 4 is 35.2 Å². The Kier molecular flexibility index (Phi) is 23.6. The SMILES string of the molecule is CCCCOCCO[Si]1(C)O[Si](C)(OCCOCCCC)O[Si](C)(OCCOCCCC)O[Si](C)(OCCOCCCC)O1. The Labute approximate surface area is 272 Å². The summed E-state index contributed by atoms with van der Waals surface area (Å²) < 4.78 is 74.9. The predicted molar refractivity (Wildman–Crippen MR) is 178 cm³/mol. The largest absolute Gasteiger partial charge is 0.483 e. The zero-order valence-corrected chi connectivity index (χ0v) is 33.0. The van der Waals surface area contributed by atoms with Gasteiger partial charge in [-0.15, -0.1) is 0 Å². The second kappa shape index (κ2) is 24.5. The van der Waals surface area contributed by atoms with Crippen LogP contribution in [0.25, 0.3) is 0 Å². The van der Waals surface area contributed by atoms with Gasteiger partial charge in [0.2, 0.25) is 0 Å². The lowest BCUT2D eigenvalue weighted by Gasteiger charge is -2.46. The summed E-state index contributed by atoms with van der Waals surface area (Å²) in [6, 6.07) is 0. The summed E-state index contributed by atoms with van der Waals surface area (Å²) >= 11 is 0. The van der Waals surface area contributed by atoms with Crippen molar-refractivity contribution in [3.8, 4) is 0 Å². The van der Waals surface area contributed by atoms with E-state index in [2.05, 4.69) is 27.7 Å². The second-order valence-electron chi connectivity index (χ2n) is 11.1. The van der Waals surface area contributed by atoms with E-state index in [1.807, 2.05) is 26.2 Å². The molecule has 0 aromatic heterocycles. The first-order valence-electron chi connectivity index (χ1n) is 16.7. The van der Waals surface area contributed by atoms with Gasteiger partial charge in [-0.25, -0.2) is 0 Å². The second-order valence-corrected chi connectivity index (χ2v) is 22.4. The van der Waals surface area contributed by atoms with Crippen LogP contribution in [0.2, 0.25) is 26.2 Å². The summed E-state index contributed by atoms with van der Waals surface area (Å²) in [5, 5.41) is 0. The van der Waals surface area contributed by atoms with Gasteiger partial charge in [-0.1, -0.05) is 53.4 Å². The van der Waals surface area contributed by atoms with Crippen LogP contribution in [-0.2, 0) is 53.1 Å². The molecule has 12 nitrogen and oxygen atoms in total. The number of ether oxygens (including phenoxy) is 4. The van der Waals surface area contributed by atoms with E-state index >= 15 is 0 Å². The highest BCUT2D eigenvalue weighted by atomic mass is 28.6. The molecule has 1 saturated heterocycles. The van der Waals surface area contributed by atoms with Crippen LogP contribution in [0.5, 0.6) is 0 Å². The highest BCUT2D eigenvalue weighted by Gasteiger charge is 2.62.